The summed E-state index contributed by atoms with van der Waals surface area (Å²) < 4.78 is 53.4. The van der Waals surface area contributed by atoms with Crippen molar-refractivity contribution in [3.8, 4) is 5.75 Å². The van der Waals surface area contributed by atoms with Crippen LogP contribution in [-0.2, 0) is 20.1 Å². The highest BCUT2D eigenvalue weighted by atomic mass is 32.2. The summed E-state index contributed by atoms with van der Waals surface area (Å²) in [5.41, 5.74) is 11.0. The second-order valence-electron chi connectivity index (χ2n) is 5.19. The molecule has 0 aliphatic carbocycles. The highest BCUT2D eigenvalue weighted by Crippen LogP contribution is 2.22. The van der Waals surface area contributed by atoms with Crippen LogP contribution >= 0.6 is 0 Å². The lowest BCUT2D eigenvalue weighted by molar-refractivity contribution is 0.0735. The van der Waals surface area contributed by atoms with E-state index < -0.39 is 26.1 Å². The van der Waals surface area contributed by atoms with E-state index in [4.69, 9.17) is 25.9 Å². The van der Waals surface area contributed by atoms with Crippen LogP contribution in [0.4, 0.5) is 5.69 Å². The van der Waals surface area contributed by atoms with Gasteiger partial charge in [-0.2, -0.15) is 8.42 Å². The van der Waals surface area contributed by atoms with Crippen molar-refractivity contribution in [2.24, 2.45) is 21.6 Å². The molecule has 2 aromatic rings. The Morgan fingerprint density at radius 3 is 1.96 bits per heavy atom. The Balaban J connectivity index is 0.000000696. The minimum Gasteiger partial charge on any atom is -0.423 e. The van der Waals surface area contributed by atoms with Gasteiger partial charge < -0.3 is 16.2 Å². The van der Waals surface area contributed by atoms with Gasteiger partial charge in [-0.15, -0.1) is 0 Å². The summed E-state index contributed by atoms with van der Waals surface area (Å²) in [7, 11) is -7.47. The molecule has 2 rings (SSSR count). The number of benzene rings is 2. The number of aliphatic imine (C=N–C) groups is 1. The Morgan fingerprint density at radius 1 is 1.00 bits per heavy atom. The molecule has 0 amide bonds. The van der Waals surface area contributed by atoms with Gasteiger partial charge in [-0.05, 0) is 36.4 Å². The first-order chi connectivity index (χ1) is 12.8. The van der Waals surface area contributed by atoms with E-state index in [1.54, 1.807) is 18.2 Å². The minimum absolute atomic E-state index is 0.0850. The highest BCUT2D eigenvalue weighted by Gasteiger charge is 2.14. The topological polar surface area (TPSA) is 205 Å². The van der Waals surface area contributed by atoms with E-state index in [9.17, 15) is 21.6 Å². The summed E-state index contributed by atoms with van der Waals surface area (Å²) in [4.78, 5) is 15.9. The zero-order valence-corrected chi connectivity index (χ0v) is 16.1. The SMILES string of the molecule is CS(=O)(=O)O.NC(N)=Nc1ccccc1C(=O)Oc1ccc(S(N)(=O)=O)cc1. The van der Waals surface area contributed by atoms with Crippen LogP contribution in [0.5, 0.6) is 5.75 Å². The lowest BCUT2D eigenvalue weighted by Crippen LogP contribution is -2.22. The van der Waals surface area contributed by atoms with E-state index in [1.165, 1.54) is 30.3 Å². The maximum Gasteiger partial charge on any atom is 0.345 e. The molecule has 0 spiro atoms. The van der Waals surface area contributed by atoms with E-state index in [0.717, 1.165) is 0 Å². The lowest BCUT2D eigenvalue weighted by Gasteiger charge is -2.07. The molecule has 0 heterocycles. The molecular weight excluding hydrogens is 412 g/mol. The molecule has 152 valence electrons. The number of para-hydroxylation sites is 1. The third-order valence-corrected chi connectivity index (χ3v) is 3.67. The summed E-state index contributed by atoms with van der Waals surface area (Å²) in [6.07, 6.45) is 0.715. The molecule has 0 saturated carbocycles. The van der Waals surface area contributed by atoms with Crippen molar-refractivity contribution in [2.45, 2.75) is 4.90 Å². The van der Waals surface area contributed by atoms with Crippen LogP contribution in [0.3, 0.4) is 0 Å². The Kier molecular flexibility index (Phi) is 7.63. The van der Waals surface area contributed by atoms with Gasteiger partial charge in [0, 0.05) is 0 Å². The maximum absolute atomic E-state index is 12.2. The number of carbonyl (C=O) groups excluding carboxylic acids is 1. The lowest BCUT2D eigenvalue weighted by atomic mass is 10.2. The first-order valence-electron chi connectivity index (χ1n) is 7.23. The van der Waals surface area contributed by atoms with Gasteiger partial charge in [0.15, 0.2) is 5.96 Å². The number of sulfonamides is 1. The second kappa shape index (κ2) is 9.27. The molecular formula is C15H18N4O7S2. The highest BCUT2D eigenvalue weighted by molar-refractivity contribution is 7.89. The molecule has 0 aromatic heterocycles. The Hall–Kier alpha value is -3.00. The first-order valence-corrected chi connectivity index (χ1v) is 10.6. The van der Waals surface area contributed by atoms with Crippen molar-refractivity contribution < 1.29 is 30.9 Å². The molecule has 0 unspecified atom stereocenters. The summed E-state index contributed by atoms with van der Waals surface area (Å²) >= 11 is 0. The summed E-state index contributed by atoms with van der Waals surface area (Å²) in [5.74, 6) is -0.724. The molecule has 0 radical (unpaired) electrons. The van der Waals surface area contributed by atoms with Crippen molar-refractivity contribution in [3.05, 3.63) is 54.1 Å². The summed E-state index contributed by atoms with van der Waals surface area (Å²) in [6, 6.07) is 11.5. The van der Waals surface area contributed by atoms with Gasteiger partial charge in [0.2, 0.25) is 10.0 Å². The number of ether oxygens (including phenoxy) is 1. The summed E-state index contributed by atoms with van der Waals surface area (Å²) in [6.45, 7) is 0. The van der Waals surface area contributed by atoms with E-state index in [-0.39, 0.29) is 27.9 Å². The van der Waals surface area contributed by atoms with Crippen molar-refractivity contribution in [3.63, 3.8) is 0 Å². The average Bonchev–Trinajstić information content (AvgIpc) is 2.53. The van der Waals surface area contributed by atoms with Gasteiger partial charge in [0.05, 0.1) is 22.4 Å². The summed E-state index contributed by atoms with van der Waals surface area (Å²) in [5, 5.41) is 4.99. The van der Waals surface area contributed by atoms with Gasteiger partial charge in [0.1, 0.15) is 5.75 Å². The third-order valence-electron chi connectivity index (χ3n) is 2.74. The molecule has 0 aliphatic heterocycles. The molecule has 2 aromatic carbocycles. The molecule has 0 atom stereocenters. The van der Waals surface area contributed by atoms with E-state index in [2.05, 4.69) is 4.99 Å². The fourth-order valence-electron chi connectivity index (χ4n) is 1.74. The van der Waals surface area contributed by atoms with Crippen molar-refractivity contribution in [1.82, 2.24) is 0 Å². The van der Waals surface area contributed by atoms with E-state index in [0.29, 0.717) is 6.26 Å². The number of primary sulfonamides is 1. The van der Waals surface area contributed by atoms with E-state index >= 15 is 0 Å². The van der Waals surface area contributed by atoms with Crippen LogP contribution in [0.1, 0.15) is 10.4 Å². The van der Waals surface area contributed by atoms with Gasteiger partial charge in [-0.3, -0.25) is 4.55 Å². The van der Waals surface area contributed by atoms with Crippen LogP contribution < -0.4 is 21.3 Å². The van der Waals surface area contributed by atoms with Gasteiger partial charge in [-0.25, -0.2) is 23.3 Å². The number of guanidine groups is 1. The monoisotopic (exact) mass is 430 g/mol. The maximum atomic E-state index is 12.2. The Labute approximate surface area is 161 Å². The second-order valence-corrected chi connectivity index (χ2v) is 8.22. The molecule has 0 bridgehead atoms. The number of carbonyl (C=O) groups is 1. The van der Waals surface area contributed by atoms with Gasteiger partial charge >= 0.3 is 5.97 Å². The van der Waals surface area contributed by atoms with Crippen LogP contribution in [0.15, 0.2) is 58.4 Å². The average molecular weight is 430 g/mol. The molecule has 0 fully saturated rings. The predicted octanol–water partition coefficient (Wildman–Crippen LogP) is -0.0379. The smallest absolute Gasteiger partial charge is 0.345 e. The molecule has 7 N–H and O–H groups in total. The zero-order valence-electron chi connectivity index (χ0n) is 14.5. The molecule has 0 saturated heterocycles. The van der Waals surface area contributed by atoms with Crippen molar-refractivity contribution in [1.29, 1.82) is 0 Å². The van der Waals surface area contributed by atoms with Crippen LogP contribution in [-0.4, -0.2) is 39.6 Å². The minimum atomic E-state index is -3.81. The normalized spacial score (nSPS) is 11.0. The number of esters is 1. The fraction of sp³-hybridized carbons (Fsp3) is 0.0667. The zero-order chi connectivity index (χ0) is 21.5. The number of nitrogens with zero attached hydrogens (tertiary/aromatic N) is 1. The quantitative estimate of drug-likeness (QED) is 0.168. The largest absolute Gasteiger partial charge is 0.423 e. The van der Waals surface area contributed by atoms with E-state index in [1.807, 2.05) is 0 Å². The van der Waals surface area contributed by atoms with Crippen LogP contribution in [0.2, 0.25) is 0 Å². The molecule has 0 aliphatic rings. The number of hydrogen-bond acceptors (Lipinski definition) is 7. The Bertz CT molecular complexity index is 1070. The number of nitrogens with two attached hydrogens (primary N) is 3. The molecule has 13 heteroatoms. The van der Waals surface area contributed by atoms with Crippen LogP contribution in [0.25, 0.3) is 0 Å². The van der Waals surface area contributed by atoms with Gasteiger partial charge in [0.25, 0.3) is 10.1 Å². The third kappa shape index (κ3) is 8.59. The van der Waals surface area contributed by atoms with Crippen molar-refractivity contribution >= 4 is 37.8 Å². The standard InChI is InChI=1S/C14H14N4O4S.CH4O3S/c15-14(16)18-12-4-2-1-3-11(12)13(19)22-9-5-7-10(8-6-9)23(17,20)21;1-5(2,3)4/h1-8H,(H4,15,16,18)(H2,17,20,21);1H3,(H,2,3,4). The van der Waals surface area contributed by atoms with Crippen molar-refractivity contribution in [2.75, 3.05) is 6.26 Å². The number of rotatable bonds is 4. The first kappa shape index (κ1) is 23.0. The predicted molar refractivity (Wildman–Crippen MR) is 102 cm³/mol. The molecule has 28 heavy (non-hydrogen) atoms. The van der Waals surface area contributed by atoms with Gasteiger partial charge in [-0.1, -0.05) is 12.1 Å². The number of hydrogen-bond donors (Lipinski definition) is 4. The Morgan fingerprint density at radius 2 is 1.50 bits per heavy atom. The molecule has 11 nitrogen and oxygen atoms in total. The fourth-order valence-corrected chi connectivity index (χ4v) is 2.26. The van der Waals surface area contributed by atoms with Crippen LogP contribution in [0, 0.1) is 0 Å².